The van der Waals surface area contributed by atoms with E-state index in [1.165, 1.54) is 6.92 Å². The van der Waals surface area contributed by atoms with E-state index in [4.69, 9.17) is 4.74 Å². The lowest BCUT2D eigenvalue weighted by Crippen LogP contribution is -2.25. The van der Waals surface area contributed by atoms with Crippen LogP contribution in [0.25, 0.3) is 0 Å². The van der Waals surface area contributed by atoms with Crippen molar-refractivity contribution in [2.75, 3.05) is 18.1 Å². The second kappa shape index (κ2) is 8.28. The van der Waals surface area contributed by atoms with Crippen LogP contribution in [0.4, 0.5) is 11.5 Å². The lowest BCUT2D eigenvalue weighted by molar-refractivity contribution is -0.385. The van der Waals surface area contributed by atoms with Crippen molar-refractivity contribution in [3.8, 4) is 5.75 Å². The van der Waals surface area contributed by atoms with Gasteiger partial charge in [0, 0.05) is 13.1 Å². The molecule has 0 saturated carbocycles. The molecular weight excluding hydrogens is 338 g/mol. The summed E-state index contributed by atoms with van der Waals surface area (Å²) in [5, 5.41) is 21.2. The zero-order chi connectivity index (χ0) is 19.3. The van der Waals surface area contributed by atoms with Crippen LogP contribution in [0.2, 0.25) is 0 Å². The Labute approximate surface area is 151 Å². The molecule has 0 aliphatic rings. The number of hydrogen-bond donors (Lipinski definition) is 1. The second-order valence-corrected chi connectivity index (χ2v) is 5.57. The van der Waals surface area contributed by atoms with Gasteiger partial charge in [-0.1, -0.05) is 30.3 Å². The van der Waals surface area contributed by atoms with E-state index >= 15 is 0 Å². The van der Waals surface area contributed by atoms with Crippen LogP contribution in [0.5, 0.6) is 5.75 Å². The van der Waals surface area contributed by atoms with Gasteiger partial charge in [-0.15, -0.1) is 0 Å². The van der Waals surface area contributed by atoms with Gasteiger partial charge in [-0.2, -0.15) is 0 Å². The topological polar surface area (TPSA) is 106 Å². The molecule has 1 heterocycles. The standard InChI is InChI=1S/C18H21N3O5/c1-4-20(11-13-9-7-6-8-10-13)17-15(21(24)25)16(26-5-2)14(18(22)23)12(3)19-17/h6-10H,4-5,11H2,1-3H3,(H,22,23). The minimum Gasteiger partial charge on any atom is -0.486 e. The van der Waals surface area contributed by atoms with Crippen molar-refractivity contribution in [3.63, 3.8) is 0 Å². The molecule has 0 aliphatic carbocycles. The summed E-state index contributed by atoms with van der Waals surface area (Å²) in [5.74, 6) is -1.45. The first kappa shape index (κ1) is 19.2. The SMILES string of the molecule is CCOc1c(C(=O)O)c(C)nc(N(CC)Cc2ccccc2)c1[N+](=O)[O-]. The number of aromatic nitrogens is 1. The average Bonchev–Trinajstić information content (AvgIpc) is 2.59. The molecule has 2 aromatic rings. The van der Waals surface area contributed by atoms with E-state index in [0.717, 1.165) is 5.56 Å². The van der Waals surface area contributed by atoms with E-state index in [1.807, 2.05) is 37.3 Å². The molecule has 0 aliphatic heterocycles. The number of aryl methyl sites for hydroxylation is 1. The Morgan fingerprint density at radius 3 is 2.46 bits per heavy atom. The van der Waals surface area contributed by atoms with E-state index in [2.05, 4.69) is 4.98 Å². The van der Waals surface area contributed by atoms with Crippen LogP contribution >= 0.6 is 0 Å². The number of carboxylic acids is 1. The van der Waals surface area contributed by atoms with Gasteiger partial charge in [0.05, 0.1) is 17.2 Å². The van der Waals surface area contributed by atoms with Crippen LogP contribution in [0.3, 0.4) is 0 Å². The molecule has 0 saturated heterocycles. The van der Waals surface area contributed by atoms with Crippen LogP contribution < -0.4 is 9.64 Å². The lowest BCUT2D eigenvalue weighted by Gasteiger charge is -2.23. The number of nitro groups is 1. The number of carbonyl (C=O) groups is 1. The van der Waals surface area contributed by atoms with Crippen molar-refractivity contribution in [1.29, 1.82) is 0 Å². The van der Waals surface area contributed by atoms with Gasteiger partial charge in [-0.25, -0.2) is 9.78 Å². The first-order chi connectivity index (χ1) is 12.4. The number of aromatic carboxylic acids is 1. The van der Waals surface area contributed by atoms with Gasteiger partial charge in [-0.05, 0) is 26.3 Å². The largest absolute Gasteiger partial charge is 0.486 e. The van der Waals surface area contributed by atoms with Gasteiger partial charge in [0.15, 0.2) is 0 Å². The predicted octanol–water partition coefficient (Wildman–Crippen LogP) is 3.42. The molecule has 8 nitrogen and oxygen atoms in total. The Bertz CT molecular complexity index is 808. The van der Waals surface area contributed by atoms with Gasteiger partial charge in [0.25, 0.3) is 0 Å². The second-order valence-electron chi connectivity index (χ2n) is 5.57. The van der Waals surface area contributed by atoms with E-state index < -0.39 is 16.6 Å². The number of hydrogen-bond acceptors (Lipinski definition) is 6. The van der Waals surface area contributed by atoms with Crippen molar-refractivity contribution < 1.29 is 19.6 Å². The third-order valence-corrected chi connectivity index (χ3v) is 3.87. The molecule has 0 spiro atoms. The minimum absolute atomic E-state index is 0.104. The van der Waals surface area contributed by atoms with Crippen molar-refractivity contribution in [2.45, 2.75) is 27.3 Å². The summed E-state index contributed by atoms with van der Waals surface area (Å²) < 4.78 is 5.37. The van der Waals surface area contributed by atoms with E-state index in [0.29, 0.717) is 13.1 Å². The third kappa shape index (κ3) is 3.90. The quantitative estimate of drug-likeness (QED) is 0.568. The fourth-order valence-electron chi connectivity index (χ4n) is 2.71. The number of benzene rings is 1. The van der Waals surface area contributed by atoms with Crippen LogP contribution in [0, 0.1) is 17.0 Å². The lowest BCUT2D eigenvalue weighted by atomic mass is 10.1. The monoisotopic (exact) mass is 359 g/mol. The smallest absolute Gasteiger partial charge is 0.353 e. The van der Waals surface area contributed by atoms with Gasteiger partial charge in [0.1, 0.15) is 5.56 Å². The summed E-state index contributed by atoms with van der Waals surface area (Å²) in [6.45, 7) is 5.98. The Morgan fingerprint density at radius 1 is 1.31 bits per heavy atom. The zero-order valence-corrected chi connectivity index (χ0v) is 14.9. The maximum absolute atomic E-state index is 11.7. The molecule has 0 unspecified atom stereocenters. The van der Waals surface area contributed by atoms with Crippen molar-refractivity contribution in [3.05, 3.63) is 57.3 Å². The highest BCUT2D eigenvalue weighted by molar-refractivity contribution is 5.95. The van der Waals surface area contributed by atoms with E-state index in [-0.39, 0.29) is 29.4 Å². The molecule has 8 heteroatoms. The first-order valence-corrected chi connectivity index (χ1v) is 8.24. The molecule has 1 N–H and O–H groups in total. The van der Waals surface area contributed by atoms with Crippen molar-refractivity contribution in [2.24, 2.45) is 0 Å². The van der Waals surface area contributed by atoms with Crippen LogP contribution in [-0.2, 0) is 6.54 Å². The van der Waals surface area contributed by atoms with Crippen LogP contribution in [0.1, 0.15) is 35.5 Å². The summed E-state index contributed by atoms with van der Waals surface area (Å²) in [6, 6.07) is 9.48. The maximum Gasteiger partial charge on any atom is 0.353 e. The number of pyridine rings is 1. The fraction of sp³-hybridized carbons (Fsp3) is 0.333. The normalized spacial score (nSPS) is 10.4. The van der Waals surface area contributed by atoms with E-state index in [1.54, 1.807) is 11.8 Å². The Kier molecular flexibility index (Phi) is 6.11. The molecule has 0 fully saturated rings. The highest BCUT2D eigenvalue weighted by atomic mass is 16.6. The van der Waals surface area contributed by atoms with Gasteiger partial charge < -0.3 is 14.7 Å². The molecule has 0 radical (unpaired) electrons. The number of rotatable bonds is 8. The molecule has 2 rings (SSSR count). The number of ether oxygens (including phenoxy) is 1. The Balaban J connectivity index is 2.65. The highest BCUT2D eigenvalue weighted by Crippen LogP contribution is 2.40. The summed E-state index contributed by atoms with van der Waals surface area (Å²) in [5.41, 5.74) is 0.433. The fourth-order valence-corrected chi connectivity index (χ4v) is 2.71. The zero-order valence-electron chi connectivity index (χ0n) is 14.9. The van der Waals surface area contributed by atoms with Crippen molar-refractivity contribution >= 4 is 17.5 Å². The van der Waals surface area contributed by atoms with Crippen LogP contribution in [-0.4, -0.2) is 34.1 Å². The number of nitrogens with zero attached hydrogens (tertiary/aromatic N) is 3. The number of carboxylic acid groups (broad SMARTS) is 1. The van der Waals surface area contributed by atoms with Gasteiger partial charge >= 0.3 is 11.7 Å². The summed E-state index contributed by atoms with van der Waals surface area (Å²) in [6.07, 6.45) is 0. The molecule has 138 valence electrons. The summed E-state index contributed by atoms with van der Waals surface area (Å²) >= 11 is 0. The van der Waals surface area contributed by atoms with Gasteiger partial charge in [0.2, 0.25) is 11.6 Å². The molecule has 0 amide bonds. The summed E-state index contributed by atoms with van der Waals surface area (Å²) in [7, 11) is 0. The Morgan fingerprint density at radius 2 is 1.96 bits per heavy atom. The van der Waals surface area contributed by atoms with Crippen molar-refractivity contribution in [1.82, 2.24) is 4.98 Å². The molecule has 1 aromatic heterocycles. The maximum atomic E-state index is 11.7. The molecule has 1 aromatic carbocycles. The molecule has 26 heavy (non-hydrogen) atoms. The minimum atomic E-state index is -1.31. The molecule has 0 atom stereocenters. The van der Waals surface area contributed by atoms with Gasteiger partial charge in [-0.3, -0.25) is 10.1 Å². The molecule has 0 bridgehead atoms. The summed E-state index contributed by atoms with van der Waals surface area (Å²) in [4.78, 5) is 28.7. The first-order valence-electron chi connectivity index (χ1n) is 8.24. The third-order valence-electron chi connectivity index (χ3n) is 3.87. The van der Waals surface area contributed by atoms with Crippen LogP contribution in [0.15, 0.2) is 30.3 Å². The highest BCUT2D eigenvalue weighted by Gasteiger charge is 2.33. The van der Waals surface area contributed by atoms with E-state index in [9.17, 15) is 20.0 Å². The number of anilines is 1. The predicted molar refractivity (Wildman–Crippen MR) is 96.9 cm³/mol. The molecular formula is C18H21N3O5. The average molecular weight is 359 g/mol. The Hall–Kier alpha value is -3.16.